The van der Waals surface area contributed by atoms with Crippen molar-refractivity contribution >= 4 is 22.8 Å². The van der Waals surface area contributed by atoms with Crippen LogP contribution in [0.5, 0.6) is 0 Å². The lowest BCUT2D eigenvalue weighted by Crippen LogP contribution is -2.40. The molecule has 5 rings (SSSR count). The predicted molar refractivity (Wildman–Crippen MR) is 132 cm³/mol. The highest BCUT2D eigenvalue weighted by Gasteiger charge is 2.29. The lowest BCUT2D eigenvalue weighted by Gasteiger charge is -2.33. The molecule has 1 aliphatic rings. The van der Waals surface area contributed by atoms with Crippen molar-refractivity contribution in [2.45, 2.75) is 40.3 Å². The van der Waals surface area contributed by atoms with E-state index in [0.717, 1.165) is 29.8 Å². The number of hydrogen-bond acceptors (Lipinski definition) is 4. The third kappa shape index (κ3) is 3.48. The Morgan fingerprint density at radius 3 is 2.45 bits per heavy atom. The van der Waals surface area contributed by atoms with Gasteiger partial charge in [-0.25, -0.2) is 4.79 Å². The van der Waals surface area contributed by atoms with Crippen molar-refractivity contribution < 1.29 is 0 Å². The summed E-state index contributed by atoms with van der Waals surface area (Å²) >= 11 is 0. The lowest BCUT2D eigenvalue weighted by molar-refractivity contribution is 0.458. The quantitative estimate of drug-likeness (QED) is 0.483. The van der Waals surface area contributed by atoms with E-state index < -0.39 is 0 Å². The van der Waals surface area contributed by atoms with Gasteiger partial charge in [0.05, 0.1) is 6.54 Å². The predicted octanol–water partition coefficient (Wildman–Crippen LogP) is 3.60. The molecule has 7 nitrogen and oxygen atoms in total. The van der Waals surface area contributed by atoms with Crippen LogP contribution in [0, 0.1) is 12.8 Å². The molecule has 3 heterocycles. The standard InChI is InChI=1S/C26H29N5O2/c1-5-19-10-12-21(13-11-19)29-14-17(2)15-30-22-23(27-25(29)30)28(4)26(33)31(24(22)32)16-20-9-7-6-8-18(20)3/h6-13,17H,5,14-16H2,1-4H3/t17-/m1/s1. The molecule has 4 aromatic rings. The molecule has 0 fully saturated rings. The molecule has 0 amide bonds. The van der Waals surface area contributed by atoms with E-state index in [0.29, 0.717) is 29.6 Å². The molecule has 0 radical (unpaired) electrons. The van der Waals surface area contributed by atoms with Crippen molar-refractivity contribution in [3.63, 3.8) is 0 Å². The van der Waals surface area contributed by atoms with Crippen LogP contribution >= 0.6 is 0 Å². The zero-order chi connectivity index (χ0) is 23.3. The Hall–Kier alpha value is -3.61. The van der Waals surface area contributed by atoms with E-state index in [-0.39, 0.29) is 17.8 Å². The maximum atomic E-state index is 13.7. The van der Waals surface area contributed by atoms with E-state index in [9.17, 15) is 9.59 Å². The summed E-state index contributed by atoms with van der Waals surface area (Å²) in [6, 6.07) is 16.3. The maximum Gasteiger partial charge on any atom is 0.332 e. The first-order valence-corrected chi connectivity index (χ1v) is 11.5. The van der Waals surface area contributed by atoms with Gasteiger partial charge < -0.3 is 9.47 Å². The number of aromatic nitrogens is 4. The zero-order valence-electron chi connectivity index (χ0n) is 19.6. The number of aryl methyl sites for hydroxylation is 3. The first kappa shape index (κ1) is 21.2. The van der Waals surface area contributed by atoms with E-state index in [2.05, 4.69) is 43.0 Å². The van der Waals surface area contributed by atoms with Crippen molar-refractivity contribution in [1.29, 1.82) is 0 Å². The number of imidazole rings is 1. The van der Waals surface area contributed by atoms with Crippen molar-refractivity contribution in [3.8, 4) is 0 Å². The fourth-order valence-corrected chi connectivity index (χ4v) is 4.73. The van der Waals surface area contributed by atoms with Gasteiger partial charge in [0, 0.05) is 25.8 Å². The Bertz CT molecular complexity index is 1460. The highest BCUT2D eigenvalue weighted by Crippen LogP contribution is 2.33. The fraction of sp³-hybridized carbons (Fsp3) is 0.346. The lowest BCUT2D eigenvalue weighted by atomic mass is 10.1. The third-order valence-corrected chi connectivity index (χ3v) is 6.69. The second-order valence-corrected chi connectivity index (χ2v) is 9.09. The largest absolute Gasteiger partial charge is 0.332 e. The molecular weight excluding hydrogens is 414 g/mol. The minimum Gasteiger partial charge on any atom is -0.312 e. The monoisotopic (exact) mass is 443 g/mol. The molecule has 1 aliphatic heterocycles. The van der Waals surface area contributed by atoms with Crippen LogP contribution in [0.1, 0.15) is 30.5 Å². The number of anilines is 2. The van der Waals surface area contributed by atoms with Crippen molar-refractivity contribution in [1.82, 2.24) is 18.7 Å². The van der Waals surface area contributed by atoms with Crippen LogP contribution in [0.15, 0.2) is 58.1 Å². The van der Waals surface area contributed by atoms with Crippen LogP contribution in [0.4, 0.5) is 11.6 Å². The Morgan fingerprint density at radius 1 is 1.03 bits per heavy atom. The van der Waals surface area contributed by atoms with Crippen LogP contribution in [-0.2, 0) is 26.6 Å². The normalized spacial score (nSPS) is 15.8. The molecule has 7 heteroatoms. The minimum atomic E-state index is -0.349. The second kappa shape index (κ2) is 8.06. The molecule has 0 saturated carbocycles. The van der Waals surface area contributed by atoms with E-state index >= 15 is 0 Å². The molecule has 0 bridgehead atoms. The third-order valence-electron chi connectivity index (χ3n) is 6.69. The summed E-state index contributed by atoms with van der Waals surface area (Å²) in [7, 11) is 1.70. The van der Waals surface area contributed by atoms with Crippen molar-refractivity contribution in [2.75, 3.05) is 11.4 Å². The number of rotatable bonds is 4. The number of fused-ring (bicyclic) bond motifs is 3. The summed E-state index contributed by atoms with van der Waals surface area (Å²) in [5.41, 5.74) is 4.62. The first-order chi connectivity index (χ1) is 15.9. The van der Waals surface area contributed by atoms with Crippen LogP contribution < -0.4 is 16.1 Å². The summed E-state index contributed by atoms with van der Waals surface area (Å²) in [4.78, 5) is 33.8. The fourth-order valence-electron chi connectivity index (χ4n) is 4.73. The second-order valence-electron chi connectivity index (χ2n) is 9.09. The molecular formula is C26H29N5O2. The van der Waals surface area contributed by atoms with Gasteiger partial charge in [-0.15, -0.1) is 0 Å². The van der Waals surface area contributed by atoms with Crippen LogP contribution in [0.25, 0.3) is 11.2 Å². The summed E-state index contributed by atoms with van der Waals surface area (Å²) in [6.07, 6.45) is 0.984. The highest BCUT2D eigenvalue weighted by molar-refractivity contribution is 5.77. The van der Waals surface area contributed by atoms with Gasteiger partial charge in [0.1, 0.15) is 0 Å². The topological polar surface area (TPSA) is 65.1 Å². The van der Waals surface area contributed by atoms with Gasteiger partial charge in [0.25, 0.3) is 5.56 Å². The SMILES string of the molecule is CCc1ccc(N2C[C@@H](C)Cn3c2nc2c3c(=O)n(Cc3ccccc3C)c(=O)n2C)cc1. The first-order valence-electron chi connectivity index (χ1n) is 11.5. The molecule has 2 aromatic heterocycles. The summed E-state index contributed by atoms with van der Waals surface area (Å²) in [5.74, 6) is 1.04. The molecule has 1 atom stereocenters. The van der Waals surface area contributed by atoms with E-state index in [1.54, 1.807) is 7.05 Å². The molecule has 2 aromatic carbocycles. The van der Waals surface area contributed by atoms with Crippen LogP contribution in [0.2, 0.25) is 0 Å². The van der Waals surface area contributed by atoms with Crippen molar-refractivity contribution in [2.24, 2.45) is 13.0 Å². The van der Waals surface area contributed by atoms with Crippen molar-refractivity contribution in [3.05, 3.63) is 86.1 Å². The average molecular weight is 444 g/mol. The van der Waals surface area contributed by atoms with E-state index in [4.69, 9.17) is 4.98 Å². The zero-order valence-corrected chi connectivity index (χ0v) is 19.6. The molecule has 0 saturated heterocycles. The van der Waals surface area contributed by atoms with Gasteiger partial charge in [-0.3, -0.25) is 13.9 Å². The number of benzene rings is 2. The van der Waals surface area contributed by atoms with Crippen LogP contribution in [0.3, 0.4) is 0 Å². The average Bonchev–Trinajstić information content (AvgIpc) is 3.20. The van der Waals surface area contributed by atoms with E-state index in [1.807, 2.05) is 35.8 Å². The minimum absolute atomic E-state index is 0.242. The highest BCUT2D eigenvalue weighted by atomic mass is 16.2. The molecule has 0 unspecified atom stereocenters. The summed E-state index contributed by atoms with van der Waals surface area (Å²) in [6.45, 7) is 8.04. The number of hydrogen-bond donors (Lipinski definition) is 0. The Morgan fingerprint density at radius 2 is 1.76 bits per heavy atom. The van der Waals surface area contributed by atoms with E-state index in [1.165, 1.54) is 14.7 Å². The van der Waals surface area contributed by atoms with Gasteiger partial charge in [-0.05, 0) is 48.1 Å². The smallest absolute Gasteiger partial charge is 0.312 e. The summed E-state index contributed by atoms with van der Waals surface area (Å²) in [5, 5.41) is 0. The van der Waals surface area contributed by atoms with Crippen LogP contribution in [-0.4, -0.2) is 25.2 Å². The van der Waals surface area contributed by atoms with Gasteiger partial charge in [-0.1, -0.05) is 50.2 Å². The maximum absolute atomic E-state index is 13.7. The summed E-state index contributed by atoms with van der Waals surface area (Å²) < 4.78 is 4.83. The van der Waals surface area contributed by atoms with Gasteiger partial charge in [0.15, 0.2) is 11.2 Å². The molecule has 0 N–H and O–H groups in total. The Labute approximate surface area is 192 Å². The Balaban J connectivity index is 1.70. The Kier molecular flexibility index (Phi) is 5.19. The van der Waals surface area contributed by atoms with Gasteiger partial charge in [0.2, 0.25) is 5.95 Å². The van der Waals surface area contributed by atoms with Gasteiger partial charge >= 0.3 is 5.69 Å². The molecule has 170 valence electrons. The molecule has 0 aliphatic carbocycles. The molecule has 0 spiro atoms. The van der Waals surface area contributed by atoms with Gasteiger partial charge in [-0.2, -0.15) is 4.98 Å². The molecule has 33 heavy (non-hydrogen) atoms. The number of nitrogens with zero attached hydrogens (tertiary/aromatic N) is 5.